The van der Waals surface area contributed by atoms with Crippen LogP contribution in [0.1, 0.15) is 40.8 Å². The first-order chi connectivity index (χ1) is 13.3. The van der Waals surface area contributed by atoms with Crippen LogP contribution in [0.3, 0.4) is 0 Å². The predicted molar refractivity (Wildman–Crippen MR) is 105 cm³/mol. The van der Waals surface area contributed by atoms with Crippen LogP contribution in [-0.4, -0.2) is 36.0 Å². The molecule has 0 saturated heterocycles. The fraction of sp³-hybridized carbons (Fsp3) is 0.263. The summed E-state index contributed by atoms with van der Waals surface area (Å²) in [5.41, 5.74) is 0.580. The SMILES string of the molecule is CC(C)NC(=O)NC(=O)C(C)OC(=O)c1cccc(NC(=O)c2cccs2)c1. The van der Waals surface area contributed by atoms with Gasteiger partial charge < -0.3 is 15.4 Å². The molecule has 1 aromatic carbocycles. The molecule has 148 valence electrons. The summed E-state index contributed by atoms with van der Waals surface area (Å²) in [5.74, 6) is -1.78. The summed E-state index contributed by atoms with van der Waals surface area (Å²) in [6.07, 6.45) is -1.17. The highest BCUT2D eigenvalue weighted by Gasteiger charge is 2.21. The highest BCUT2D eigenvalue weighted by Crippen LogP contribution is 2.16. The molecule has 0 fully saturated rings. The molecule has 8 nitrogen and oxygen atoms in total. The quantitative estimate of drug-likeness (QED) is 0.642. The Bertz CT molecular complexity index is 864. The lowest BCUT2D eigenvalue weighted by Crippen LogP contribution is -2.46. The minimum absolute atomic E-state index is 0.141. The predicted octanol–water partition coefficient (Wildman–Crippen LogP) is 2.78. The molecule has 0 aliphatic heterocycles. The molecular formula is C19H21N3O5S. The Kier molecular flexibility index (Phi) is 7.28. The van der Waals surface area contributed by atoms with Gasteiger partial charge in [0.1, 0.15) is 0 Å². The molecule has 0 spiro atoms. The van der Waals surface area contributed by atoms with E-state index in [1.807, 2.05) is 0 Å². The average Bonchev–Trinajstić information content (AvgIpc) is 3.15. The molecule has 2 aromatic rings. The van der Waals surface area contributed by atoms with Crippen LogP contribution in [0.4, 0.5) is 10.5 Å². The zero-order chi connectivity index (χ0) is 20.7. The molecule has 0 saturated carbocycles. The maximum atomic E-state index is 12.3. The third-order valence-electron chi connectivity index (χ3n) is 3.41. The molecule has 3 N–H and O–H groups in total. The molecule has 9 heteroatoms. The van der Waals surface area contributed by atoms with Gasteiger partial charge in [0.2, 0.25) is 0 Å². The molecule has 0 bridgehead atoms. The number of hydrogen-bond donors (Lipinski definition) is 3. The molecule has 1 aromatic heterocycles. The molecule has 0 radical (unpaired) electrons. The minimum atomic E-state index is -1.17. The van der Waals surface area contributed by atoms with E-state index in [2.05, 4.69) is 16.0 Å². The molecular weight excluding hydrogens is 382 g/mol. The standard InChI is InChI=1S/C19H21N3O5S/c1-11(2)20-19(26)22-16(23)12(3)27-18(25)13-6-4-7-14(10-13)21-17(24)15-8-5-9-28-15/h4-12H,1-3H3,(H,21,24)(H2,20,22,23,26). The highest BCUT2D eigenvalue weighted by molar-refractivity contribution is 7.12. The Balaban J connectivity index is 1.95. The van der Waals surface area contributed by atoms with Gasteiger partial charge in [0.05, 0.1) is 10.4 Å². The normalized spacial score (nSPS) is 11.4. The van der Waals surface area contributed by atoms with Gasteiger partial charge in [-0.25, -0.2) is 9.59 Å². The van der Waals surface area contributed by atoms with E-state index in [1.54, 1.807) is 43.5 Å². The summed E-state index contributed by atoms with van der Waals surface area (Å²) < 4.78 is 5.09. The zero-order valence-electron chi connectivity index (χ0n) is 15.6. The second-order valence-electron chi connectivity index (χ2n) is 6.18. The number of hydrogen-bond acceptors (Lipinski definition) is 6. The van der Waals surface area contributed by atoms with Crippen molar-refractivity contribution in [2.75, 3.05) is 5.32 Å². The lowest BCUT2D eigenvalue weighted by atomic mass is 10.2. The minimum Gasteiger partial charge on any atom is -0.449 e. The molecule has 28 heavy (non-hydrogen) atoms. The van der Waals surface area contributed by atoms with E-state index in [0.717, 1.165) is 0 Å². The number of benzene rings is 1. The smallest absolute Gasteiger partial charge is 0.338 e. The van der Waals surface area contributed by atoms with Crippen molar-refractivity contribution in [1.29, 1.82) is 0 Å². The van der Waals surface area contributed by atoms with Gasteiger partial charge in [0.25, 0.3) is 11.8 Å². The van der Waals surface area contributed by atoms with Crippen molar-refractivity contribution in [3.05, 3.63) is 52.2 Å². The van der Waals surface area contributed by atoms with Crippen molar-refractivity contribution in [3.8, 4) is 0 Å². The first-order valence-electron chi connectivity index (χ1n) is 8.53. The van der Waals surface area contributed by atoms with Gasteiger partial charge in [0, 0.05) is 11.7 Å². The van der Waals surface area contributed by atoms with Crippen molar-refractivity contribution in [1.82, 2.24) is 10.6 Å². The molecule has 4 amide bonds. The molecule has 2 rings (SSSR count). The number of urea groups is 1. The van der Waals surface area contributed by atoms with E-state index in [0.29, 0.717) is 10.6 Å². The molecule has 1 unspecified atom stereocenters. The number of rotatable bonds is 6. The van der Waals surface area contributed by atoms with Gasteiger partial charge >= 0.3 is 12.0 Å². The van der Waals surface area contributed by atoms with Crippen molar-refractivity contribution >= 4 is 40.8 Å². The Labute approximate surface area is 166 Å². The van der Waals surface area contributed by atoms with E-state index in [1.165, 1.54) is 30.4 Å². The van der Waals surface area contributed by atoms with Crippen LogP contribution < -0.4 is 16.0 Å². The van der Waals surface area contributed by atoms with Gasteiger partial charge in [-0.1, -0.05) is 12.1 Å². The lowest BCUT2D eigenvalue weighted by Gasteiger charge is -2.14. The maximum Gasteiger partial charge on any atom is 0.338 e. The van der Waals surface area contributed by atoms with Crippen molar-refractivity contribution in [3.63, 3.8) is 0 Å². The van der Waals surface area contributed by atoms with Crippen LogP contribution in [0.15, 0.2) is 41.8 Å². The van der Waals surface area contributed by atoms with E-state index < -0.39 is 24.0 Å². The van der Waals surface area contributed by atoms with E-state index in [4.69, 9.17) is 4.74 Å². The summed E-state index contributed by atoms with van der Waals surface area (Å²) in [6, 6.07) is 8.81. The molecule has 1 atom stereocenters. The number of ether oxygens (including phenoxy) is 1. The van der Waals surface area contributed by atoms with E-state index in [9.17, 15) is 19.2 Å². The average molecular weight is 403 g/mol. The van der Waals surface area contributed by atoms with Gasteiger partial charge in [0.15, 0.2) is 6.10 Å². The number of carbonyl (C=O) groups excluding carboxylic acids is 4. The second-order valence-corrected chi connectivity index (χ2v) is 7.12. The van der Waals surface area contributed by atoms with Crippen molar-refractivity contribution in [2.24, 2.45) is 0 Å². The number of esters is 1. The summed E-state index contributed by atoms with van der Waals surface area (Å²) in [4.78, 5) is 48.4. The van der Waals surface area contributed by atoms with Crippen molar-refractivity contribution in [2.45, 2.75) is 32.9 Å². The van der Waals surface area contributed by atoms with Crippen LogP contribution >= 0.6 is 11.3 Å². The topological polar surface area (TPSA) is 114 Å². The van der Waals surface area contributed by atoms with Crippen LogP contribution in [-0.2, 0) is 9.53 Å². The number of imide groups is 1. The lowest BCUT2D eigenvalue weighted by molar-refractivity contribution is -0.127. The summed E-state index contributed by atoms with van der Waals surface area (Å²) in [5, 5.41) is 9.08. The fourth-order valence-electron chi connectivity index (χ4n) is 2.12. The summed E-state index contributed by atoms with van der Waals surface area (Å²) in [6.45, 7) is 4.85. The Hall–Kier alpha value is -3.20. The van der Waals surface area contributed by atoms with Gasteiger partial charge in [-0.05, 0) is 50.4 Å². The molecule has 0 aliphatic rings. The van der Waals surface area contributed by atoms with Crippen LogP contribution in [0.2, 0.25) is 0 Å². The van der Waals surface area contributed by atoms with E-state index in [-0.39, 0.29) is 17.5 Å². The second kappa shape index (κ2) is 9.65. The number of thiophene rings is 1. The van der Waals surface area contributed by atoms with Crippen LogP contribution in [0, 0.1) is 0 Å². The Morgan fingerprint density at radius 1 is 1.04 bits per heavy atom. The largest absolute Gasteiger partial charge is 0.449 e. The van der Waals surface area contributed by atoms with Gasteiger partial charge in [-0.3, -0.25) is 14.9 Å². The third-order valence-corrected chi connectivity index (χ3v) is 4.28. The molecule has 0 aliphatic carbocycles. The summed E-state index contributed by atoms with van der Waals surface area (Å²) >= 11 is 1.30. The van der Waals surface area contributed by atoms with E-state index >= 15 is 0 Å². The Morgan fingerprint density at radius 2 is 1.79 bits per heavy atom. The van der Waals surface area contributed by atoms with Crippen LogP contribution in [0.5, 0.6) is 0 Å². The van der Waals surface area contributed by atoms with Crippen molar-refractivity contribution < 1.29 is 23.9 Å². The number of amides is 4. The fourth-order valence-corrected chi connectivity index (χ4v) is 2.74. The number of nitrogens with one attached hydrogen (secondary N) is 3. The van der Waals surface area contributed by atoms with Gasteiger partial charge in [-0.15, -0.1) is 11.3 Å². The first-order valence-corrected chi connectivity index (χ1v) is 9.41. The Morgan fingerprint density at radius 3 is 2.43 bits per heavy atom. The van der Waals surface area contributed by atoms with Gasteiger partial charge in [-0.2, -0.15) is 0 Å². The highest BCUT2D eigenvalue weighted by atomic mass is 32.1. The molecule has 1 heterocycles. The number of anilines is 1. The number of carbonyl (C=O) groups is 4. The first kappa shape index (κ1) is 21.1. The third kappa shape index (κ3) is 6.20. The maximum absolute atomic E-state index is 12.3. The monoisotopic (exact) mass is 403 g/mol. The summed E-state index contributed by atoms with van der Waals surface area (Å²) in [7, 11) is 0. The van der Waals surface area contributed by atoms with Crippen LogP contribution in [0.25, 0.3) is 0 Å². The zero-order valence-corrected chi connectivity index (χ0v) is 16.5.